The van der Waals surface area contributed by atoms with Gasteiger partial charge < -0.3 is 9.15 Å². The summed E-state index contributed by atoms with van der Waals surface area (Å²) in [6, 6.07) is 2.05. The molecule has 0 spiro atoms. The predicted octanol–water partition coefficient (Wildman–Crippen LogP) is 3.41. The maximum absolute atomic E-state index is 5.47. The lowest BCUT2D eigenvalue weighted by molar-refractivity contribution is 0.134. The molecule has 0 aromatic carbocycles. The van der Waals surface area contributed by atoms with Crippen LogP contribution in [0.2, 0.25) is 0 Å². The summed E-state index contributed by atoms with van der Waals surface area (Å²) in [5.74, 6) is 1.17. The molecule has 1 aliphatic carbocycles. The van der Waals surface area contributed by atoms with Crippen molar-refractivity contribution >= 4 is 0 Å². The van der Waals surface area contributed by atoms with E-state index in [0.29, 0.717) is 5.92 Å². The third kappa shape index (κ3) is 3.42. The standard InChI is InChI=1S/C19H27N3O2/c1-23-14-18-11-21(8-16-6-7-24-13-16)10-17-12-22(20-19(17)18)9-15-4-2-3-5-15/h6-7,12-13,15,18H,2-5,8-11,14H2,1H3. The Morgan fingerprint density at radius 3 is 2.96 bits per heavy atom. The fraction of sp³-hybridized carbons (Fsp3) is 0.632. The molecule has 2 aromatic heterocycles. The Bertz CT molecular complexity index is 644. The van der Waals surface area contributed by atoms with Crippen LogP contribution in [0.15, 0.2) is 29.2 Å². The number of hydrogen-bond donors (Lipinski definition) is 0. The molecule has 130 valence electrons. The Labute approximate surface area is 143 Å². The van der Waals surface area contributed by atoms with E-state index in [-0.39, 0.29) is 0 Å². The Hall–Kier alpha value is -1.59. The molecule has 2 aliphatic rings. The Balaban J connectivity index is 1.50. The number of ether oxygens (including phenoxy) is 1. The Morgan fingerprint density at radius 2 is 2.21 bits per heavy atom. The minimum atomic E-state index is 0.357. The van der Waals surface area contributed by atoms with Gasteiger partial charge in [0, 0.05) is 56.5 Å². The van der Waals surface area contributed by atoms with Crippen molar-refractivity contribution in [1.29, 1.82) is 0 Å². The van der Waals surface area contributed by atoms with Gasteiger partial charge in [-0.25, -0.2) is 0 Å². The summed E-state index contributed by atoms with van der Waals surface area (Å²) in [4.78, 5) is 2.47. The van der Waals surface area contributed by atoms with Crippen LogP contribution in [0.1, 0.15) is 48.4 Å². The molecule has 0 N–H and O–H groups in total. The van der Waals surface area contributed by atoms with Gasteiger partial charge in [-0.15, -0.1) is 0 Å². The van der Waals surface area contributed by atoms with Crippen LogP contribution < -0.4 is 0 Å². The molecule has 1 saturated carbocycles. The van der Waals surface area contributed by atoms with E-state index in [4.69, 9.17) is 14.3 Å². The van der Waals surface area contributed by atoms with Crippen LogP contribution in [0, 0.1) is 5.92 Å². The molecule has 2 aromatic rings. The minimum Gasteiger partial charge on any atom is -0.472 e. The van der Waals surface area contributed by atoms with Gasteiger partial charge in [-0.2, -0.15) is 5.10 Å². The molecule has 5 nitrogen and oxygen atoms in total. The minimum absolute atomic E-state index is 0.357. The molecule has 1 aliphatic heterocycles. The zero-order valence-electron chi connectivity index (χ0n) is 14.5. The number of nitrogens with zero attached hydrogens (tertiary/aromatic N) is 3. The number of fused-ring (bicyclic) bond motifs is 1. The van der Waals surface area contributed by atoms with Crippen molar-refractivity contribution in [3.8, 4) is 0 Å². The van der Waals surface area contributed by atoms with E-state index in [0.717, 1.165) is 38.7 Å². The highest BCUT2D eigenvalue weighted by Crippen LogP contribution is 2.30. The van der Waals surface area contributed by atoms with Crippen molar-refractivity contribution in [2.75, 3.05) is 20.3 Å². The van der Waals surface area contributed by atoms with Gasteiger partial charge in [-0.1, -0.05) is 12.8 Å². The molecule has 0 amide bonds. The molecule has 5 heteroatoms. The summed E-state index contributed by atoms with van der Waals surface area (Å²) in [7, 11) is 1.78. The third-order valence-electron chi connectivity index (χ3n) is 5.40. The third-order valence-corrected chi connectivity index (χ3v) is 5.40. The maximum Gasteiger partial charge on any atom is 0.0947 e. The number of hydrogen-bond acceptors (Lipinski definition) is 4. The van der Waals surface area contributed by atoms with Gasteiger partial charge in [-0.3, -0.25) is 9.58 Å². The lowest BCUT2D eigenvalue weighted by Crippen LogP contribution is -2.34. The van der Waals surface area contributed by atoms with Gasteiger partial charge in [-0.05, 0) is 24.8 Å². The van der Waals surface area contributed by atoms with Crippen LogP contribution in [-0.2, 0) is 24.4 Å². The molecule has 1 unspecified atom stereocenters. The number of rotatable bonds is 6. The lowest BCUT2D eigenvalue weighted by Gasteiger charge is -2.31. The fourth-order valence-corrected chi connectivity index (χ4v) is 4.29. The van der Waals surface area contributed by atoms with Gasteiger partial charge in [0.25, 0.3) is 0 Å². The summed E-state index contributed by atoms with van der Waals surface area (Å²) < 4.78 is 12.9. The second-order valence-corrected chi connectivity index (χ2v) is 7.37. The number of furan rings is 1. The smallest absolute Gasteiger partial charge is 0.0947 e. The van der Waals surface area contributed by atoms with E-state index in [2.05, 4.69) is 15.8 Å². The summed E-state index contributed by atoms with van der Waals surface area (Å²) in [6.45, 7) is 4.69. The van der Waals surface area contributed by atoms with Crippen LogP contribution in [0.5, 0.6) is 0 Å². The zero-order valence-corrected chi connectivity index (χ0v) is 14.5. The van der Waals surface area contributed by atoms with Gasteiger partial charge in [0.05, 0.1) is 24.8 Å². The summed E-state index contributed by atoms with van der Waals surface area (Å²) in [5.41, 5.74) is 3.84. The van der Waals surface area contributed by atoms with Gasteiger partial charge in [0.2, 0.25) is 0 Å². The van der Waals surface area contributed by atoms with Crippen LogP contribution in [0.4, 0.5) is 0 Å². The topological polar surface area (TPSA) is 43.4 Å². The van der Waals surface area contributed by atoms with Crippen LogP contribution in [0.25, 0.3) is 0 Å². The van der Waals surface area contributed by atoms with Crippen molar-refractivity contribution in [3.63, 3.8) is 0 Å². The van der Waals surface area contributed by atoms with Gasteiger partial charge in [0.1, 0.15) is 0 Å². The number of methoxy groups -OCH3 is 1. The van der Waals surface area contributed by atoms with Crippen molar-refractivity contribution < 1.29 is 9.15 Å². The largest absolute Gasteiger partial charge is 0.472 e. The first-order chi connectivity index (χ1) is 11.8. The van der Waals surface area contributed by atoms with Crippen molar-refractivity contribution in [2.24, 2.45) is 5.92 Å². The monoisotopic (exact) mass is 329 g/mol. The second kappa shape index (κ2) is 7.11. The molecule has 0 bridgehead atoms. The van der Waals surface area contributed by atoms with E-state index < -0.39 is 0 Å². The molecule has 1 fully saturated rings. The van der Waals surface area contributed by atoms with Gasteiger partial charge >= 0.3 is 0 Å². The highest BCUT2D eigenvalue weighted by molar-refractivity contribution is 5.25. The molecular weight excluding hydrogens is 302 g/mol. The molecule has 3 heterocycles. The predicted molar refractivity (Wildman–Crippen MR) is 91.6 cm³/mol. The zero-order chi connectivity index (χ0) is 16.4. The molecule has 1 atom stereocenters. The highest BCUT2D eigenvalue weighted by atomic mass is 16.5. The van der Waals surface area contributed by atoms with Crippen molar-refractivity contribution in [1.82, 2.24) is 14.7 Å². The second-order valence-electron chi connectivity index (χ2n) is 7.37. The fourth-order valence-electron chi connectivity index (χ4n) is 4.29. The summed E-state index contributed by atoms with van der Waals surface area (Å²) in [5, 5.41) is 4.94. The normalized spacial score (nSPS) is 22.1. The summed E-state index contributed by atoms with van der Waals surface area (Å²) in [6.07, 6.45) is 11.4. The van der Waals surface area contributed by atoms with Crippen LogP contribution in [-0.4, -0.2) is 34.9 Å². The molecule has 4 rings (SSSR count). The Kier molecular flexibility index (Phi) is 4.72. The van der Waals surface area contributed by atoms with Crippen molar-refractivity contribution in [2.45, 2.75) is 51.2 Å². The molecule has 24 heavy (non-hydrogen) atoms. The summed E-state index contributed by atoms with van der Waals surface area (Å²) >= 11 is 0. The van der Waals surface area contributed by atoms with E-state index in [1.165, 1.54) is 42.5 Å². The Morgan fingerprint density at radius 1 is 1.33 bits per heavy atom. The van der Waals surface area contributed by atoms with E-state index >= 15 is 0 Å². The highest BCUT2D eigenvalue weighted by Gasteiger charge is 2.29. The SMILES string of the molecule is COCC1CN(Cc2ccoc2)Cc2cn(CC3CCCC3)nc21. The average molecular weight is 329 g/mol. The van der Waals surface area contributed by atoms with Crippen LogP contribution >= 0.6 is 0 Å². The van der Waals surface area contributed by atoms with Crippen LogP contribution in [0.3, 0.4) is 0 Å². The lowest BCUT2D eigenvalue weighted by atomic mass is 9.97. The van der Waals surface area contributed by atoms with E-state index in [1.54, 1.807) is 13.4 Å². The quantitative estimate of drug-likeness (QED) is 0.814. The number of aromatic nitrogens is 2. The first kappa shape index (κ1) is 15.9. The molecule has 0 saturated heterocycles. The molecular formula is C19H27N3O2. The first-order valence-corrected chi connectivity index (χ1v) is 9.10. The first-order valence-electron chi connectivity index (χ1n) is 9.10. The van der Waals surface area contributed by atoms with E-state index in [1.807, 2.05) is 12.3 Å². The van der Waals surface area contributed by atoms with Gasteiger partial charge in [0.15, 0.2) is 0 Å². The maximum atomic E-state index is 5.47. The molecule has 0 radical (unpaired) electrons. The van der Waals surface area contributed by atoms with Crippen molar-refractivity contribution in [3.05, 3.63) is 41.6 Å². The van der Waals surface area contributed by atoms with E-state index in [9.17, 15) is 0 Å². The average Bonchev–Trinajstić information content (AvgIpc) is 3.29.